The van der Waals surface area contributed by atoms with Gasteiger partial charge in [-0.1, -0.05) is 0 Å². The van der Waals surface area contributed by atoms with Gasteiger partial charge in [-0.2, -0.15) is 5.10 Å². The molecule has 3 rings (SSSR count). The van der Waals surface area contributed by atoms with Crippen LogP contribution in [0.15, 0.2) is 46.9 Å². The van der Waals surface area contributed by atoms with Gasteiger partial charge in [0, 0.05) is 17.0 Å². The molecule has 0 unspecified atom stereocenters. The molecule has 4 nitrogen and oxygen atoms in total. The maximum absolute atomic E-state index is 14.1. The minimum atomic E-state index is -0.738. The number of nitrogens with zero attached hydrogens (tertiary/aromatic N) is 2. The molecule has 2 aromatic carbocycles. The van der Waals surface area contributed by atoms with E-state index in [0.717, 1.165) is 17.8 Å². The topological polar surface area (TPSA) is 46.5 Å². The molecule has 1 aromatic heterocycles. The Morgan fingerprint density at radius 3 is 2.69 bits per heavy atom. The highest BCUT2D eigenvalue weighted by Crippen LogP contribution is 2.20. The summed E-state index contributed by atoms with van der Waals surface area (Å²) in [5, 5.41) is 6.51. The highest BCUT2D eigenvalue weighted by atomic mass is 32.1. The molecule has 0 atom stereocenters. The Labute approximate surface area is 152 Å². The van der Waals surface area contributed by atoms with E-state index in [9.17, 15) is 13.2 Å². The molecule has 0 amide bonds. The van der Waals surface area contributed by atoms with E-state index in [2.05, 4.69) is 15.5 Å². The molecule has 0 aliphatic rings. The van der Waals surface area contributed by atoms with Crippen LogP contribution in [0.3, 0.4) is 0 Å². The summed E-state index contributed by atoms with van der Waals surface area (Å²) in [6.45, 7) is 1.67. The molecule has 26 heavy (non-hydrogen) atoms. The second kappa shape index (κ2) is 8.01. The molecule has 0 aliphatic heterocycles. The van der Waals surface area contributed by atoms with Crippen LogP contribution in [0.2, 0.25) is 0 Å². The summed E-state index contributed by atoms with van der Waals surface area (Å²) in [6.07, 6.45) is 1.45. The van der Waals surface area contributed by atoms with Crippen molar-refractivity contribution in [2.75, 3.05) is 5.43 Å². The van der Waals surface area contributed by atoms with E-state index in [-0.39, 0.29) is 17.9 Å². The molecule has 0 aliphatic carbocycles. The Morgan fingerprint density at radius 2 is 2.00 bits per heavy atom. The largest absolute Gasteiger partial charge is 0.486 e. The number of aryl methyl sites for hydroxylation is 1. The van der Waals surface area contributed by atoms with Crippen molar-refractivity contribution in [1.82, 2.24) is 4.98 Å². The van der Waals surface area contributed by atoms with Crippen molar-refractivity contribution in [2.45, 2.75) is 13.5 Å². The van der Waals surface area contributed by atoms with Crippen LogP contribution < -0.4 is 10.2 Å². The maximum Gasteiger partial charge on any atom is 0.203 e. The van der Waals surface area contributed by atoms with E-state index >= 15 is 0 Å². The zero-order chi connectivity index (χ0) is 18.5. The number of benzene rings is 2. The number of ether oxygens (including phenoxy) is 1. The first-order valence-electron chi connectivity index (χ1n) is 7.59. The fourth-order valence-corrected chi connectivity index (χ4v) is 2.71. The van der Waals surface area contributed by atoms with Crippen LogP contribution in [0.4, 0.5) is 18.3 Å². The number of nitrogens with one attached hydrogen (secondary N) is 1. The fourth-order valence-electron chi connectivity index (χ4n) is 2.08. The van der Waals surface area contributed by atoms with Crippen LogP contribution in [0, 0.1) is 24.4 Å². The summed E-state index contributed by atoms with van der Waals surface area (Å²) in [6, 6.07) is 7.41. The van der Waals surface area contributed by atoms with Gasteiger partial charge in [0.2, 0.25) is 5.13 Å². The van der Waals surface area contributed by atoms with Gasteiger partial charge in [-0.15, -0.1) is 11.3 Å². The lowest BCUT2D eigenvalue weighted by Gasteiger charge is -2.08. The molecule has 1 N–H and O–H groups in total. The Kier molecular flexibility index (Phi) is 5.52. The fraction of sp³-hybridized carbons (Fsp3) is 0.111. The molecule has 0 bridgehead atoms. The number of hydrogen-bond acceptors (Lipinski definition) is 5. The van der Waals surface area contributed by atoms with E-state index in [1.54, 1.807) is 6.07 Å². The molecule has 0 saturated carbocycles. The minimum absolute atomic E-state index is 0.0330. The molecule has 0 spiro atoms. The highest BCUT2D eigenvalue weighted by Gasteiger charge is 2.08. The number of aromatic nitrogens is 1. The molecular weight excluding hydrogens is 363 g/mol. The summed E-state index contributed by atoms with van der Waals surface area (Å²) in [4.78, 5) is 4.18. The van der Waals surface area contributed by atoms with Crippen molar-refractivity contribution in [1.29, 1.82) is 0 Å². The van der Waals surface area contributed by atoms with Crippen LogP contribution in [0.25, 0.3) is 0 Å². The lowest BCUT2D eigenvalue weighted by Crippen LogP contribution is -2.01. The van der Waals surface area contributed by atoms with Crippen molar-refractivity contribution in [2.24, 2.45) is 5.10 Å². The normalized spacial score (nSPS) is 11.1. The molecule has 8 heteroatoms. The predicted molar refractivity (Wildman–Crippen MR) is 95.2 cm³/mol. The summed E-state index contributed by atoms with van der Waals surface area (Å²) in [5.74, 6) is -2.06. The van der Waals surface area contributed by atoms with Crippen LogP contribution in [0.1, 0.15) is 16.8 Å². The van der Waals surface area contributed by atoms with Gasteiger partial charge in [-0.3, -0.25) is 5.43 Å². The number of hydrogen-bond donors (Lipinski definition) is 1. The third-order valence-corrected chi connectivity index (χ3v) is 4.21. The summed E-state index contributed by atoms with van der Waals surface area (Å²) in [7, 11) is 0. The first-order chi connectivity index (χ1) is 12.5. The Morgan fingerprint density at radius 1 is 1.15 bits per heavy atom. The van der Waals surface area contributed by atoms with E-state index in [1.807, 2.05) is 12.3 Å². The number of anilines is 1. The van der Waals surface area contributed by atoms with E-state index in [1.165, 1.54) is 35.8 Å². The lowest BCUT2D eigenvalue weighted by molar-refractivity contribution is 0.284. The molecule has 3 aromatic rings. The Hall–Kier alpha value is -2.87. The van der Waals surface area contributed by atoms with E-state index in [0.29, 0.717) is 10.7 Å². The van der Waals surface area contributed by atoms with E-state index in [4.69, 9.17) is 4.74 Å². The molecule has 0 radical (unpaired) electrons. The summed E-state index contributed by atoms with van der Waals surface area (Å²) >= 11 is 1.41. The molecule has 0 saturated heterocycles. The van der Waals surface area contributed by atoms with Crippen molar-refractivity contribution in [3.05, 3.63) is 76.1 Å². The third kappa shape index (κ3) is 4.60. The number of hydrazone groups is 1. The highest BCUT2D eigenvalue weighted by molar-refractivity contribution is 7.13. The van der Waals surface area contributed by atoms with Crippen LogP contribution in [-0.2, 0) is 6.61 Å². The van der Waals surface area contributed by atoms with Gasteiger partial charge in [0.15, 0.2) is 11.6 Å². The Balaban J connectivity index is 1.61. The SMILES string of the molecule is Cc1csc(NN=Cc2ccc(OCc3ccc(F)cc3F)c(F)c2)n1. The second-order valence-electron chi connectivity index (χ2n) is 5.38. The van der Waals surface area contributed by atoms with Gasteiger partial charge in [0.1, 0.15) is 18.2 Å². The van der Waals surface area contributed by atoms with Gasteiger partial charge < -0.3 is 4.74 Å². The first-order valence-corrected chi connectivity index (χ1v) is 8.47. The first kappa shape index (κ1) is 17.9. The maximum atomic E-state index is 14.1. The predicted octanol–water partition coefficient (Wildman–Crippen LogP) is 4.89. The van der Waals surface area contributed by atoms with Crippen LogP contribution in [0.5, 0.6) is 5.75 Å². The zero-order valence-electron chi connectivity index (χ0n) is 13.7. The van der Waals surface area contributed by atoms with Crippen LogP contribution in [-0.4, -0.2) is 11.2 Å². The van der Waals surface area contributed by atoms with E-state index < -0.39 is 17.5 Å². The number of halogens is 3. The smallest absolute Gasteiger partial charge is 0.203 e. The zero-order valence-corrected chi connectivity index (χ0v) is 14.5. The molecule has 0 fully saturated rings. The summed E-state index contributed by atoms with van der Waals surface area (Å²) < 4.78 is 45.8. The standard InChI is InChI=1S/C18H14F3N3OS/c1-11-10-26-18(23-11)24-22-8-12-2-5-17(16(21)6-12)25-9-13-3-4-14(19)7-15(13)20/h2-8,10H,9H2,1H3,(H,23,24). The van der Waals surface area contributed by atoms with Gasteiger partial charge in [0.05, 0.1) is 11.9 Å². The molecule has 134 valence electrons. The second-order valence-corrected chi connectivity index (χ2v) is 6.24. The van der Waals surface area contributed by atoms with Gasteiger partial charge in [-0.25, -0.2) is 18.2 Å². The Bertz CT molecular complexity index is 943. The van der Waals surface area contributed by atoms with Crippen LogP contribution >= 0.6 is 11.3 Å². The molecule has 1 heterocycles. The number of rotatable bonds is 6. The average molecular weight is 377 g/mol. The van der Waals surface area contributed by atoms with Crippen molar-refractivity contribution >= 4 is 22.7 Å². The molecular formula is C18H14F3N3OS. The van der Waals surface area contributed by atoms with Gasteiger partial charge in [-0.05, 0) is 42.8 Å². The lowest BCUT2D eigenvalue weighted by atomic mass is 10.2. The monoisotopic (exact) mass is 377 g/mol. The van der Waals surface area contributed by atoms with Gasteiger partial charge >= 0.3 is 0 Å². The number of thiazole rings is 1. The van der Waals surface area contributed by atoms with Crippen molar-refractivity contribution in [3.8, 4) is 5.75 Å². The van der Waals surface area contributed by atoms with Crippen molar-refractivity contribution < 1.29 is 17.9 Å². The van der Waals surface area contributed by atoms with Crippen molar-refractivity contribution in [3.63, 3.8) is 0 Å². The quantitative estimate of drug-likeness (QED) is 0.491. The third-order valence-electron chi connectivity index (χ3n) is 3.35. The minimum Gasteiger partial charge on any atom is -0.486 e. The summed E-state index contributed by atoms with van der Waals surface area (Å²) in [5.41, 5.74) is 4.30. The van der Waals surface area contributed by atoms with Gasteiger partial charge in [0.25, 0.3) is 0 Å². The average Bonchev–Trinajstić information content (AvgIpc) is 3.01.